The van der Waals surface area contributed by atoms with Gasteiger partial charge in [0.05, 0.1) is 11.7 Å². The Labute approximate surface area is 220 Å². The van der Waals surface area contributed by atoms with Crippen LogP contribution in [0.1, 0.15) is 120 Å². The van der Waals surface area contributed by atoms with Crippen molar-refractivity contribution in [1.29, 1.82) is 0 Å². The fourth-order valence-corrected chi connectivity index (χ4v) is 10.6. The Kier molecular flexibility index (Phi) is 7.12. The topological polar surface area (TPSA) is 66.8 Å². The number of carbonyl (C=O) groups excluding carboxylic acids is 1. The Hall–Kier alpha value is -0.870. The fourth-order valence-electron chi connectivity index (χ4n) is 10.6. The van der Waals surface area contributed by atoms with Gasteiger partial charge in [-0.25, -0.2) is 0 Å². The molecule has 4 aliphatic rings. The number of aliphatic hydroxyl groups is 2. The second-order valence-electron chi connectivity index (χ2n) is 15.1. The first kappa shape index (κ1) is 28.1. The number of allylic oxidation sites excluding steroid dienone is 2. The molecule has 0 aliphatic heterocycles. The van der Waals surface area contributed by atoms with E-state index in [1.54, 1.807) is 6.92 Å². The molecular formula is C32H54O4. The monoisotopic (exact) mass is 502 g/mol. The van der Waals surface area contributed by atoms with E-state index in [4.69, 9.17) is 4.74 Å². The second kappa shape index (κ2) is 9.11. The van der Waals surface area contributed by atoms with E-state index in [-0.39, 0.29) is 51.7 Å². The molecule has 4 heteroatoms. The molecule has 10 atom stereocenters. The quantitative estimate of drug-likeness (QED) is 0.312. The molecule has 0 aromatic rings. The number of fused-ring (bicyclic) bond motifs is 5. The molecule has 206 valence electrons. The van der Waals surface area contributed by atoms with Gasteiger partial charge < -0.3 is 14.9 Å². The summed E-state index contributed by atoms with van der Waals surface area (Å²) in [6.45, 7) is 19.9. The summed E-state index contributed by atoms with van der Waals surface area (Å²) in [5.74, 6) is 1.01. The summed E-state index contributed by atoms with van der Waals surface area (Å²) >= 11 is 0. The highest BCUT2D eigenvalue weighted by Gasteiger charge is 2.71. The lowest BCUT2D eigenvalue weighted by Gasteiger charge is -2.70. The highest BCUT2D eigenvalue weighted by molar-refractivity contribution is 5.66. The molecule has 4 aliphatic carbocycles. The van der Waals surface area contributed by atoms with Gasteiger partial charge in [-0.3, -0.25) is 4.79 Å². The molecule has 4 saturated carbocycles. The van der Waals surface area contributed by atoms with Gasteiger partial charge in [0.2, 0.25) is 0 Å². The van der Waals surface area contributed by atoms with Gasteiger partial charge in [-0.15, -0.1) is 0 Å². The molecule has 4 rings (SSSR count). The van der Waals surface area contributed by atoms with Crippen LogP contribution in [-0.4, -0.2) is 34.0 Å². The SMILES string of the molecule is CC(=O)O[C@@H]1C[C@@H]2[C@@]3(C)CC[C@H](O)C(C)(C)C3CC[C@@]2(C)[C@@]2(C)CC[C@H]([C@@](C)(O)CCC=C(C)C)[C@H]12. The Bertz CT molecular complexity index is 885. The van der Waals surface area contributed by atoms with Crippen LogP contribution >= 0.6 is 0 Å². The number of esters is 1. The third-order valence-corrected chi connectivity index (χ3v) is 12.7. The fraction of sp³-hybridized carbons (Fsp3) is 0.906. The van der Waals surface area contributed by atoms with Gasteiger partial charge in [0.1, 0.15) is 6.10 Å². The van der Waals surface area contributed by atoms with Crippen LogP contribution in [0, 0.1) is 45.3 Å². The van der Waals surface area contributed by atoms with Crippen molar-refractivity contribution in [2.75, 3.05) is 0 Å². The van der Waals surface area contributed by atoms with E-state index in [2.05, 4.69) is 54.5 Å². The average Bonchev–Trinajstić information content (AvgIpc) is 3.12. The summed E-state index contributed by atoms with van der Waals surface area (Å²) in [7, 11) is 0. The maximum absolute atomic E-state index is 12.4. The highest BCUT2D eigenvalue weighted by atomic mass is 16.5. The van der Waals surface area contributed by atoms with Gasteiger partial charge in [-0.1, -0.05) is 46.3 Å². The van der Waals surface area contributed by atoms with Crippen LogP contribution in [0.2, 0.25) is 0 Å². The van der Waals surface area contributed by atoms with Crippen LogP contribution in [0.25, 0.3) is 0 Å². The zero-order valence-electron chi connectivity index (χ0n) is 24.6. The number of aliphatic hydroxyl groups excluding tert-OH is 1. The Balaban J connectivity index is 1.74. The lowest BCUT2D eigenvalue weighted by atomic mass is 9.35. The minimum atomic E-state index is -0.784. The number of ether oxygens (including phenoxy) is 1. The van der Waals surface area contributed by atoms with Crippen LogP contribution < -0.4 is 0 Å². The normalized spacial score (nSPS) is 47.1. The van der Waals surface area contributed by atoms with E-state index in [0.717, 1.165) is 57.8 Å². The first-order valence-corrected chi connectivity index (χ1v) is 14.7. The minimum Gasteiger partial charge on any atom is -0.462 e. The minimum absolute atomic E-state index is 0.00931. The molecule has 0 saturated heterocycles. The van der Waals surface area contributed by atoms with Crippen LogP contribution in [0.5, 0.6) is 0 Å². The summed E-state index contributed by atoms with van der Waals surface area (Å²) in [6.07, 6.45) is 10.6. The summed E-state index contributed by atoms with van der Waals surface area (Å²) < 4.78 is 6.22. The summed E-state index contributed by atoms with van der Waals surface area (Å²) in [4.78, 5) is 12.4. The Morgan fingerprint density at radius 2 is 1.61 bits per heavy atom. The number of rotatable bonds is 5. The van der Waals surface area contributed by atoms with Crippen LogP contribution in [0.15, 0.2) is 11.6 Å². The van der Waals surface area contributed by atoms with Gasteiger partial charge in [-0.2, -0.15) is 0 Å². The zero-order valence-corrected chi connectivity index (χ0v) is 24.6. The molecule has 4 fully saturated rings. The van der Waals surface area contributed by atoms with Crippen LogP contribution in [-0.2, 0) is 9.53 Å². The van der Waals surface area contributed by atoms with Crippen molar-refractivity contribution >= 4 is 5.97 Å². The Morgan fingerprint density at radius 3 is 2.22 bits per heavy atom. The number of hydrogen-bond acceptors (Lipinski definition) is 4. The molecule has 36 heavy (non-hydrogen) atoms. The van der Waals surface area contributed by atoms with Crippen molar-refractivity contribution in [1.82, 2.24) is 0 Å². The van der Waals surface area contributed by atoms with E-state index in [9.17, 15) is 15.0 Å². The first-order chi connectivity index (χ1) is 16.5. The van der Waals surface area contributed by atoms with Gasteiger partial charge in [0.25, 0.3) is 0 Å². The molecular weight excluding hydrogens is 448 g/mol. The lowest BCUT2D eigenvalue weighted by molar-refractivity contribution is -0.250. The lowest BCUT2D eigenvalue weighted by Crippen LogP contribution is -2.67. The van der Waals surface area contributed by atoms with Crippen molar-refractivity contribution < 1.29 is 19.7 Å². The molecule has 0 radical (unpaired) electrons. The molecule has 2 N–H and O–H groups in total. The number of carbonyl (C=O) groups is 1. The maximum atomic E-state index is 12.4. The summed E-state index contributed by atoms with van der Waals surface area (Å²) in [5.41, 5.74) is 0.659. The molecule has 0 heterocycles. The highest BCUT2D eigenvalue weighted by Crippen LogP contribution is 2.76. The van der Waals surface area contributed by atoms with Crippen molar-refractivity contribution in [3.05, 3.63) is 11.6 Å². The van der Waals surface area contributed by atoms with E-state index >= 15 is 0 Å². The van der Waals surface area contributed by atoms with E-state index < -0.39 is 5.60 Å². The van der Waals surface area contributed by atoms with Gasteiger partial charge in [0, 0.05) is 12.8 Å². The van der Waals surface area contributed by atoms with E-state index in [0.29, 0.717) is 11.8 Å². The molecule has 0 amide bonds. The van der Waals surface area contributed by atoms with Crippen molar-refractivity contribution in [3.63, 3.8) is 0 Å². The summed E-state index contributed by atoms with van der Waals surface area (Å²) in [6, 6.07) is 0. The largest absolute Gasteiger partial charge is 0.462 e. The predicted molar refractivity (Wildman–Crippen MR) is 145 cm³/mol. The van der Waals surface area contributed by atoms with E-state index in [1.807, 2.05) is 6.92 Å². The number of hydrogen-bond donors (Lipinski definition) is 2. The van der Waals surface area contributed by atoms with Gasteiger partial charge in [0.15, 0.2) is 0 Å². The zero-order chi connectivity index (χ0) is 26.9. The second-order valence-corrected chi connectivity index (χ2v) is 15.1. The van der Waals surface area contributed by atoms with Crippen LogP contribution in [0.3, 0.4) is 0 Å². The molecule has 0 aromatic heterocycles. The van der Waals surface area contributed by atoms with Crippen molar-refractivity contribution in [2.24, 2.45) is 45.3 Å². The van der Waals surface area contributed by atoms with Crippen molar-refractivity contribution in [3.8, 4) is 0 Å². The first-order valence-electron chi connectivity index (χ1n) is 14.7. The van der Waals surface area contributed by atoms with Gasteiger partial charge >= 0.3 is 5.97 Å². The molecule has 1 unspecified atom stereocenters. The molecule has 0 aromatic carbocycles. The van der Waals surface area contributed by atoms with E-state index in [1.165, 1.54) is 5.57 Å². The maximum Gasteiger partial charge on any atom is 0.302 e. The Morgan fingerprint density at radius 1 is 0.972 bits per heavy atom. The third kappa shape index (κ3) is 4.12. The third-order valence-electron chi connectivity index (χ3n) is 12.7. The molecule has 4 nitrogen and oxygen atoms in total. The van der Waals surface area contributed by atoms with Crippen molar-refractivity contribution in [2.45, 2.75) is 138 Å². The smallest absolute Gasteiger partial charge is 0.302 e. The molecule has 0 spiro atoms. The van der Waals surface area contributed by atoms with Crippen LogP contribution in [0.4, 0.5) is 0 Å². The summed E-state index contributed by atoms with van der Waals surface area (Å²) in [5, 5.41) is 22.8. The standard InChI is InChI=1S/C32H54O4/c1-20(2)11-10-15-32(9,35)22-12-17-31(8)27(22)23(36-21(3)33)19-25-29(6)16-14-26(34)28(4,5)24(29)13-18-30(25,31)7/h11,22-27,34-35H,10,12-19H2,1-9H3/t22-,23+,24?,25+,26-,27+,29-,30+,31-,32-/m0/s1. The average molecular weight is 503 g/mol. The van der Waals surface area contributed by atoms with Gasteiger partial charge in [-0.05, 0) is 118 Å². The molecule has 0 bridgehead atoms. The predicted octanol–water partition coefficient (Wildman–Crippen LogP) is 7.07.